The van der Waals surface area contributed by atoms with Gasteiger partial charge in [-0.1, -0.05) is 0 Å². The summed E-state index contributed by atoms with van der Waals surface area (Å²) < 4.78 is 7.29. The highest BCUT2D eigenvalue weighted by molar-refractivity contribution is 6.05. The molecule has 1 aliphatic heterocycles. The van der Waals surface area contributed by atoms with E-state index in [1.54, 1.807) is 10.7 Å². The van der Waals surface area contributed by atoms with Gasteiger partial charge in [-0.05, 0) is 32.0 Å². The zero-order valence-corrected chi connectivity index (χ0v) is 13.3. The van der Waals surface area contributed by atoms with E-state index in [0.717, 1.165) is 35.1 Å². The lowest BCUT2D eigenvalue weighted by Crippen LogP contribution is -2.29. The van der Waals surface area contributed by atoms with Gasteiger partial charge in [-0.25, -0.2) is 0 Å². The van der Waals surface area contributed by atoms with Crippen molar-refractivity contribution in [1.82, 2.24) is 9.78 Å². The molecular formula is C16H20N4O2. The van der Waals surface area contributed by atoms with Crippen LogP contribution in [0, 0.1) is 13.8 Å². The molecule has 1 amide bonds. The molecule has 6 nitrogen and oxygen atoms in total. The summed E-state index contributed by atoms with van der Waals surface area (Å²) in [5.74, 6) is 1.40. The van der Waals surface area contributed by atoms with Crippen molar-refractivity contribution in [1.29, 1.82) is 0 Å². The van der Waals surface area contributed by atoms with Gasteiger partial charge in [0.25, 0.3) is 5.91 Å². The average Bonchev–Trinajstić information content (AvgIpc) is 2.74. The summed E-state index contributed by atoms with van der Waals surface area (Å²) in [5, 5.41) is 7.25. The SMILES string of the molecule is Cc1nn(C)c(NC(=O)c2ccc3c(c2)N(C)CCO3)c1C. The molecule has 1 aromatic carbocycles. The highest BCUT2D eigenvalue weighted by Gasteiger charge is 2.19. The van der Waals surface area contributed by atoms with Crippen molar-refractivity contribution >= 4 is 17.4 Å². The van der Waals surface area contributed by atoms with Crippen LogP contribution in [-0.2, 0) is 7.05 Å². The van der Waals surface area contributed by atoms with Gasteiger partial charge in [0, 0.05) is 25.2 Å². The zero-order chi connectivity index (χ0) is 15.9. The van der Waals surface area contributed by atoms with Crippen LogP contribution in [0.5, 0.6) is 5.75 Å². The molecule has 0 radical (unpaired) electrons. The summed E-state index contributed by atoms with van der Waals surface area (Å²) >= 11 is 0. The molecule has 0 aliphatic carbocycles. The van der Waals surface area contributed by atoms with Gasteiger partial charge in [0.05, 0.1) is 17.9 Å². The Morgan fingerprint density at radius 1 is 1.32 bits per heavy atom. The van der Waals surface area contributed by atoms with Crippen molar-refractivity contribution in [3.8, 4) is 5.75 Å². The van der Waals surface area contributed by atoms with E-state index in [2.05, 4.69) is 15.3 Å². The Kier molecular flexibility index (Phi) is 3.52. The molecule has 3 rings (SSSR count). The lowest BCUT2D eigenvalue weighted by atomic mass is 10.1. The van der Waals surface area contributed by atoms with E-state index in [9.17, 15) is 4.79 Å². The number of carbonyl (C=O) groups excluding carboxylic acids is 1. The Labute approximate surface area is 129 Å². The molecule has 0 spiro atoms. The molecule has 0 bridgehead atoms. The van der Waals surface area contributed by atoms with Gasteiger partial charge >= 0.3 is 0 Å². The second kappa shape index (κ2) is 5.36. The number of rotatable bonds is 2. The predicted octanol–water partition coefficient (Wildman–Crippen LogP) is 2.12. The fourth-order valence-corrected chi connectivity index (χ4v) is 2.61. The van der Waals surface area contributed by atoms with Crippen LogP contribution >= 0.6 is 0 Å². The molecule has 1 aliphatic rings. The van der Waals surface area contributed by atoms with E-state index in [4.69, 9.17) is 4.74 Å². The van der Waals surface area contributed by atoms with Crippen LogP contribution < -0.4 is 15.0 Å². The second-order valence-corrected chi connectivity index (χ2v) is 5.59. The predicted molar refractivity (Wildman–Crippen MR) is 85.8 cm³/mol. The molecule has 0 fully saturated rings. The van der Waals surface area contributed by atoms with Gasteiger partial charge < -0.3 is 15.0 Å². The van der Waals surface area contributed by atoms with Crippen LogP contribution in [0.3, 0.4) is 0 Å². The molecular weight excluding hydrogens is 280 g/mol. The number of hydrogen-bond donors (Lipinski definition) is 1. The minimum Gasteiger partial charge on any atom is -0.490 e. The van der Waals surface area contributed by atoms with Gasteiger partial charge in [0.2, 0.25) is 0 Å². The minimum absolute atomic E-state index is 0.145. The first kappa shape index (κ1) is 14.4. The summed E-state index contributed by atoms with van der Waals surface area (Å²) in [6.45, 7) is 5.36. The third-order valence-electron chi connectivity index (χ3n) is 4.07. The maximum absolute atomic E-state index is 12.5. The maximum Gasteiger partial charge on any atom is 0.256 e. The Bertz CT molecular complexity index is 736. The largest absolute Gasteiger partial charge is 0.490 e. The quantitative estimate of drug-likeness (QED) is 0.923. The Morgan fingerprint density at radius 3 is 2.77 bits per heavy atom. The van der Waals surface area contributed by atoms with Crippen LogP contribution in [0.1, 0.15) is 21.6 Å². The number of carbonyl (C=O) groups is 1. The first-order valence-electron chi connectivity index (χ1n) is 7.27. The van der Waals surface area contributed by atoms with Crippen molar-refractivity contribution in [3.63, 3.8) is 0 Å². The lowest BCUT2D eigenvalue weighted by molar-refractivity contribution is 0.102. The molecule has 0 atom stereocenters. The summed E-state index contributed by atoms with van der Waals surface area (Å²) in [6.07, 6.45) is 0. The Hall–Kier alpha value is -2.50. The Morgan fingerprint density at radius 2 is 2.09 bits per heavy atom. The number of amides is 1. The molecule has 0 saturated carbocycles. The maximum atomic E-state index is 12.5. The van der Waals surface area contributed by atoms with E-state index in [1.165, 1.54) is 0 Å². The zero-order valence-electron chi connectivity index (χ0n) is 13.3. The number of nitrogens with zero attached hydrogens (tertiary/aromatic N) is 3. The van der Waals surface area contributed by atoms with E-state index in [-0.39, 0.29) is 5.91 Å². The molecule has 2 heterocycles. The van der Waals surface area contributed by atoms with Crippen molar-refractivity contribution in [2.75, 3.05) is 30.4 Å². The summed E-state index contributed by atoms with van der Waals surface area (Å²) in [4.78, 5) is 14.6. The first-order valence-corrected chi connectivity index (χ1v) is 7.27. The number of nitrogens with one attached hydrogen (secondary N) is 1. The van der Waals surface area contributed by atoms with E-state index >= 15 is 0 Å². The molecule has 0 unspecified atom stereocenters. The molecule has 0 saturated heterocycles. The molecule has 1 aromatic heterocycles. The molecule has 2 aromatic rings. The summed E-state index contributed by atoms with van der Waals surface area (Å²) in [5.41, 5.74) is 3.44. The van der Waals surface area contributed by atoms with Gasteiger partial charge in [0.1, 0.15) is 18.2 Å². The first-order chi connectivity index (χ1) is 10.5. The highest BCUT2D eigenvalue weighted by Crippen LogP contribution is 2.31. The van der Waals surface area contributed by atoms with Crippen molar-refractivity contribution in [3.05, 3.63) is 35.0 Å². The van der Waals surface area contributed by atoms with Crippen LogP contribution in [0.4, 0.5) is 11.5 Å². The number of hydrogen-bond acceptors (Lipinski definition) is 4. The van der Waals surface area contributed by atoms with E-state index in [0.29, 0.717) is 12.2 Å². The number of likely N-dealkylation sites (N-methyl/N-ethyl adjacent to an activating group) is 1. The van der Waals surface area contributed by atoms with Crippen LogP contribution in [0.15, 0.2) is 18.2 Å². The van der Waals surface area contributed by atoms with E-state index < -0.39 is 0 Å². The van der Waals surface area contributed by atoms with Gasteiger partial charge in [-0.15, -0.1) is 0 Å². The topological polar surface area (TPSA) is 59.4 Å². The van der Waals surface area contributed by atoms with E-state index in [1.807, 2.05) is 40.1 Å². The van der Waals surface area contributed by atoms with Crippen molar-refractivity contribution in [2.24, 2.45) is 7.05 Å². The summed E-state index contributed by atoms with van der Waals surface area (Å²) in [7, 11) is 3.82. The van der Waals surface area contributed by atoms with Crippen molar-refractivity contribution < 1.29 is 9.53 Å². The van der Waals surface area contributed by atoms with Crippen LogP contribution in [0.25, 0.3) is 0 Å². The molecule has 1 N–H and O–H groups in total. The van der Waals surface area contributed by atoms with Gasteiger partial charge in [-0.3, -0.25) is 9.48 Å². The number of aromatic nitrogens is 2. The minimum atomic E-state index is -0.145. The summed E-state index contributed by atoms with van der Waals surface area (Å²) in [6, 6.07) is 5.50. The number of anilines is 2. The second-order valence-electron chi connectivity index (χ2n) is 5.59. The third-order valence-corrected chi connectivity index (χ3v) is 4.07. The van der Waals surface area contributed by atoms with Crippen molar-refractivity contribution in [2.45, 2.75) is 13.8 Å². The third kappa shape index (κ3) is 2.41. The molecule has 6 heteroatoms. The number of ether oxygens (including phenoxy) is 1. The highest BCUT2D eigenvalue weighted by atomic mass is 16.5. The average molecular weight is 300 g/mol. The number of fused-ring (bicyclic) bond motifs is 1. The van der Waals surface area contributed by atoms with Gasteiger partial charge in [0.15, 0.2) is 0 Å². The van der Waals surface area contributed by atoms with Crippen LogP contribution in [0.2, 0.25) is 0 Å². The number of benzene rings is 1. The molecule has 116 valence electrons. The monoisotopic (exact) mass is 300 g/mol. The fraction of sp³-hybridized carbons (Fsp3) is 0.375. The Balaban J connectivity index is 1.88. The standard InChI is InChI=1S/C16H20N4O2/c1-10-11(2)18-20(4)15(10)17-16(21)12-5-6-14-13(9-12)19(3)7-8-22-14/h5-6,9H,7-8H2,1-4H3,(H,17,21). The van der Waals surface area contributed by atoms with Gasteiger partial charge in [-0.2, -0.15) is 5.10 Å². The van der Waals surface area contributed by atoms with Crippen LogP contribution in [-0.4, -0.2) is 35.9 Å². The molecule has 22 heavy (non-hydrogen) atoms. The normalized spacial score (nSPS) is 13.5. The number of aryl methyl sites for hydroxylation is 2. The fourth-order valence-electron chi connectivity index (χ4n) is 2.61. The smallest absolute Gasteiger partial charge is 0.256 e. The lowest BCUT2D eigenvalue weighted by Gasteiger charge is -2.27.